The second-order valence-electron chi connectivity index (χ2n) is 13.7. The average molecular weight is 583 g/mol. The zero-order chi connectivity index (χ0) is 31.1. The van der Waals surface area contributed by atoms with E-state index in [2.05, 4.69) is 121 Å². The molecule has 0 fully saturated rings. The summed E-state index contributed by atoms with van der Waals surface area (Å²) in [5.74, 6) is 0. The molecule has 0 aliphatic rings. The third-order valence-corrected chi connectivity index (χ3v) is 11.4. The van der Waals surface area contributed by atoms with Crippen LogP contribution in [0.15, 0.2) is 49.1 Å². The van der Waals surface area contributed by atoms with Gasteiger partial charge in [0.15, 0.2) is 30.8 Å². The normalized spacial score (nSPS) is 13.5. The number of quaternary nitrogens is 2. The molecule has 0 aliphatic heterocycles. The smallest absolute Gasteiger partial charge is 0.169 e. The SMILES string of the molecule is CC[N+](CC)(CC)CCCCC(C)[n+]1ccc(CCCc2cc[n+](CCCCC(C)(C)[N+](CC)(CC)CC)cc2)cc1. The molecule has 2 heterocycles. The van der Waals surface area contributed by atoms with Crippen LogP contribution >= 0.6 is 0 Å². The van der Waals surface area contributed by atoms with Crippen molar-refractivity contribution < 1.29 is 18.1 Å². The van der Waals surface area contributed by atoms with Crippen molar-refractivity contribution in [2.45, 2.75) is 138 Å². The molecule has 0 spiro atoms. The van der Waals surface area contributed by atoms with E-state index in [9.17, 15) is 0 Å². The van der Waals surface area contributed by atoms with Gasteiger partial charge in [0.05, 0.1) is 51.4 Å². The lowest BCUT2D eigenvalue weighted by Crippen LogP contribution is -2.61. The second-order valence-corrected chi connectivity index (χ2v) is 13.7. The van der Waals surface area contributed by atoms with E-state index in [-0.39, 0.29) is 0 Å². The van der Waals surface area contributed by atoms with Crippen LogP contribution in [0.5, 0.6) is 0 Å². The maximum absolute atomic E-state index is 2.48. The van der Waals surface area contributed by atoms with Crippen LogP contribution in [-0.2, 0) is 19.4 Å². The Morgan fingerprint density at radius 1 is 0.643 bits per heavy atom. The summed E-state index contributed by atoms with van der Waals surface area (Å²) in [7, 11) is 0. The standard InChI is InChI=1S/C38H70N4/c1-10-41(11-2,12-3)34-19-16-21-35(7)40-32-26-37(27-33-40)23-20-22-36-24-30-39(31-25-36)29-18-17-28-38(8,9)42(13-4,14-5)15-6/h24-27,30-33,35H,10-23,28-29,34H2,1-9H3/q+4. The lowest BCUT2D eigenvalue weighted by molar-refractivity contribution is -0.968. The molecule has 2 aromatic rings. The summed E-state index contributed by atoms with van der Waals surface area (Å²) in [4.78, 5) is 0. The first kappa shape index (κ1) is 36.4. The van der Waals surface area contributed by atoms with Gasteiger partial charge in [-0.05, 0) is 112 Å². The number of aromatic nitrogens is 2. The minimum atomic E-state index is 0.355. The van der Waals surface area contributed by atoms with Gasteiger partial charge in [-0.3, -0.25) is 0 Å². The second kappa shape index (κ2) is 18.1. The molecule has 1 atom stereocenters. The van der Waals surface area contributed by atoms with E-state index in [1.807, 2.05) is 0 Å². The summed E-state index contributed by atoms with van der Waals surface area (Å²) in [6, 6.07) is 9.93. The van der Waals surface area contributed by atoms with Gasteiger partial charge < -0.3 is 8.97 Å². The molecule has 42 heavy (non-hydrogen) atoms. The number of unbranched alkanes of at least 4 members (excludes halogenated alkanes) is 2. The first-order valence-corrected chi connectivity index (χ1v) is 17.8. The number of nitrogens with zero attached hydrogens (tertiary/aromatic N) is 4. The van der Waals surface area contributed by atoms with Crippen molar-refractivity contribution >= 4 is 0 Å². The predicted octanol–water partition coefficient (Wildman–Crippen LogP) is 7.87. The maximum atomic E-state index is 2.48. The highest BCUT2D eigenvalue weighted by molar-refractivity contribution is 5.10. The van der Waals surface area contributed by atoms with E-state index in [1.54, 1.807) is 0 Å². The minimum Gasteiger partial charge on any atom is -0.324 e. The zero-order valence-corrected chi connectivity index (χ0v) is 29.5. The molecular formula is C38H70N4+4. The molecule has 0 aliphatic carbocycles. The molecule has 0 N–H and O–H groups in total. The Morgan fingerprint density at radius 3 is 1.67 bits per heavy atom. The molecular weight excluding hydrogens is 512 g/mol. The van der Waals surface area contributed by atoms with Gasteiger partial charge in [-0.15, -0.1) is 0 Å². The Morgan fingerprint density at radius 2 is 1.17 bits per heavy atom. The first-order valence-electron chi connectivity index (χ1n) is 17.8. The van der Waals surface area contributed by atoms with E-state index in [1.165, 1.54) is 111 Å². The highest BCUT2D eigenvalue weighted by Crippen LogP contribution is 2.29. The van der Waals surface area contributed by atoms with Crippen molar-refractivity contribution in [1.82, 2.24) is 0 Å². The van der Waals surface area contributed by atoms with Crippen molar-refractivity contribution in [2.75, 3.05) is 45.8 Å². The Kier molecular flexibility index (Phi) is 15.7. The van der Waals surface area contributed by atoms with E-state index >= 15 is 0 Å². The van der Waals surface area contributed by atoms with Crippen LogP contribution in [0.4, 0.5) is 0 Å². The highest BCUT2D eigenvalue weighted by Gasteiger charge is 2.39. The Hall–Kier alpha value is -1.78. The molecule has 0 aromatic carbocycles. The minimum absolute atomic E-state index is 0.355. The number of hydrogen-bond donors (Lipinski definition) is 0. The molecule has 0 amide bonds. The lowest BCUT2D eigenvalue weighted by atomic mass is 9.91. The van der Waals surface area contributed by atoms with Crippen molar-refractivity contribution in [3.05, 3.63) is 60.2 Å². The summed E-state index contributed by atoms with van der Waals surface area (Å²) in [5.41, 5.74) is 3.27. The Labute approximate surface area is 262 Å². The molecule has 0 bridgehead atoms. The van der Waals surface area contributed by atoms with Crippen molar-refractivity contribution in [1.29, 1.82) is 0 Å². The maximum Gasteiger partial charge on any atom is 0.169 e. The third-order valence-electron chi connectivity index (χ3n) is 11.4. The van der Waals surface area contributed by atoms with Crippen LogP contribution in [0.3, 0.4) is 0 Å². The van der Waals surface area contributed by atoms with E-state index in [0.29, 0.717) is 11.6 Å². The van der Waals surface area contributed by atoms with Crippen molar-refractivity contribution in [2.24, 2.45) is 0 Å². The van der Waals surface area contributed by atoms with Gasteiger partial charge in [0.2, 0.25) is 0 Å². The summed E-state index contributed by atoms with van der Waals surface area (Å²) in [6.45, 7) is 31.4. The van der Waals surface area contributed by atoms with Gasteiger partial charge >= 0.3 is 0 Å². The first-order chi connectivity index (χ1) is 20.1. The monoisotopic (exact) mass is 583 g/mol. The fourth-order valence-corrected chi connectivity index (χ4v) is 7.46. The van der Waals surface area contributed by atoms with Crippen LogP contribution in [-0.4, -0.2) is 60.3 Å². The van der Waals surface area contributed by atoms with E-state index < -0.39 is 0 Å². The highest BCUT2D eigenvalue weighted by atomic mass is 15.4. The van der Waals surface area contributed by atoms with Gasteiger partial charge in [0.25, 0.3) is 0 Å². The molecule has 1 unspecified atom stereocenters. The van der Waals surface area contributed by atoms with Crippen LogP contribution in [0.1, 0.15) is 124 Å². The largest absolute Gasteiger partial charge is 0.324 e. The van der Waals surface area contributed by atoms with E-state index in [4.69, 9.17) is 0 Å². The zero-order valence-electron chi connectivity index (χ0n) is 29.5. The quantitative estimate of drug-likeness (QED) is 0.0758. The van der Waals surface area contributed by atoms with Crippen LogP contribution in [0, 0.1) is 0 Å². The van der Waals surface area contributed by atoms with Crippen LogP contribution in [0.2, 0.25) is 0 Å². The van der Waals surface area contributed by atoms with Crippen LogP contribution in [0.25, 0.3) is 0 Å². The molecule has 4 heteroatoms. The average Bonchev–Trinajstić information content (AvgIpc) is 3.02. The Bertz CT molecular complexity index is 955. The van der Waals surface area contributed by atoms with Gasteiger partial charge in [-0.25, -0.2) is 9.13 Å². The number of pyridine rings is 2. The fraction of sp³-hybridized carbons (Fsp3) is 0.737. The molecule has 0 saturated carbocycles. The van der Waals surface area contributed by atoms with Gasteiger partial charge in [0, 0.05) is 43.5 Å². The summed E-state index contributed by atoms with van der Waals surface area (Å²) in [5, 5.41) is 0. The summed E-state index contributed by atoms with van der Waals surface area (Å²) >= 11 is 0. The summed E-state index contributed by atoms with van der Waals surface area (Å²) < 4.78 is 7.29. The molecule has 2 aromatic heterocycles. The van der Waals surface area contributed by atoms with Gasteiger partial charge in [0.1, 0.15) is 6.54 Å². The predicted molar refractivity (Wildman–Crippen MR) is 180 cm³/mol. The molecule has 0 saturated heterocycles. The summed E-state index contributed by atoms with van der Waals surface area (Å²) in [6.07, 6.45) is 20.5. The fourth-order valence-electron chi connectivity index (χ4n) is 7.46. The molecule has 4 nitrogen and oxygen atoms in total. The van der Waals surface area contributed by atoms with Crippen LogP contribution < -0.4 is 9.13 Å². The number of rotatable bonds is 22. The van der Waals surface area contributed by atoms with Crippen molar-refractivity contribution in [3.8, 4) is 0 Å². The molecule has 0 radical (unpaired) electrons. The molecule has 2 rings (SSSR count). The lowest BCUT2D eigenvalue weighted by Gasteiger charge is -2.49. The number of hydrogen-bond acceptors (Lipinski definition) is 0. The topological polar surface area (TPSA) is 7.76 Å². The van der Waals surface area contributed by atoms with E-state index in [0.717, 1.165) is 19.4 Å². The van der Waals surface area contributed by atoms with Crippen molar-refractivity contribution in [3.63, 3.8) is 0 Å². The van der Waals surface area contributed by atoms with Gasteiger partial charge in [-0.2, -0.15) is 0 Å². The van der Waals surface area contributed by atoms with Gasteiger partial charge in [-0.1, -0.05) is 0 Å². The number of aryl methyl sites for hydroxylation is 3. The molecule has 238 valence electrons. The Balaban J connectivity index is 1.70. The third kappa shape index (κ3) is 10.4.